The van der Waals surface area contributed by atoms with Gasteiger partial charge in [-0.1, -0.05) is 11.6 Å². The molecule has 0 radical (unpaired) electrons. The molecule has 1 aliphatic heterocycles. The Bertz CT molecular complexity index is 923. The summed E-state index contributed by atoms with van der Waals surface area (Å²) in [6, 6.07) is 12.9. The lowest BCUT2D eigenvalue weighted by Crippen LogP contribution is -2.24. The van der Waals surface area contributed by atoms with Gasteiger partial charge >= 0.3 is 0 Å². The summed E-state index contributed by atoms with van der Waals surface area (Å²) in [4.78, 5) is 6.21. The molecule has 0 amide bonds. The zero-order chi connectivity index (χ0) is 16.7. The Morgan fingerprint density at radius 1 is 1.12 bits per heavy atom. The third-order valence-corrected chi connectivity index (χ3v) is 4.63. The van der Waals surface area contributed by atoms with Gasteiger partial charge in [-0.25, -0.2) is 4.98 Å². The number of aromatic nitrogens is 1. The number of methoxy groups -OCH3 is 1. The van der Waals surface area contributed by atoms with Crippen LogP contribution in [0.4, 0.5) is 15.8 Å². The topological polar surface area (TPSA) is 25.4 Å². The Morgan fingerprint density at radius 2 is 2.00 bits per heavy atom. The van der Waals surface area contributed by atoms with Crippen LogP contribution in [0.15, 0.2) is 42.5 Å². The summed E-state index contributed by atoms with van der Waals surface area (Å²) < 4.78 is 18.8. The van der Waals surface area contributed by atoms with Crippen LogP contribution in [0.25, 0.3) is 10.9 Å². The highest BCUT2D eigenvalue weighted by atomic mass is 35.5. The van der Waals surface area contributed by atoms with Crippen LogP contribution in [0.1, 0.15) is 12.0 Å². The molecular formula is C19H16ClFN2O. The van der Waals surface area contributed by atoms with Crippen molar-refractivity contribution < 1.29 is 9.13 Å². The number of nitrogens with zero attached hydrogens (tertiary/aromatic N) is 2. The molecule has 0 unspecified atom stereocenters. The van der Waals surface area contributed by atoms with E-state index in [1.54, 1.807) is 19.2 Å². The van der Waals surface area contributed by atoms with Gasteiger partial charge in [0.1, 0.15) is 5.75 Å². The molecule has 3 aromatic rings. The molecule has 4 rings (SSSR count). The van der Waals surface area contributed by atoms with Gasteiger partial charge in [-0.2, -0.15) is 4.39 Å². The van der Waals surface area contributed by atoms with Crippen LogP contribution < -0.4 is 9.64 Å². The molecule has 2 heterocycles. The van der Waals surface area contributed by atoms with Gasteiger partial charge in [0.15, 0.2) is 0 Å². The van der Waals surface area contributed by atoms with Gasteiger partial charge in [-0.3, -0.25) is 0 Å². The van der Waals surface area contributed by atoms with E-state index in [1.807, 2.05) is 12.1 Å². The SMILES string of the molecule is COc1ccc2c(c1)CCCN2c1cc(Cl)cc2nc(F)ccc12. The molecular weight excluding hydrogens is 327 g/mol. The Labute approximate surface area is 144 Å². The first-order valence-corrected chi connectivity index (χ1v) is 8.24. The lowest BCUT2D eigenvalue weighted by Gasteiger charge is -2.32. The van der Waals surface area contributed by atoms with E-state index in [1.165, 1.54) is 11.6 Å². The van der Waals surface area contributed by atoms with Gasteiger partial charge in [0.2, 0.25) is 5.95 Å². The van der Waals surface area contributed by atoms with Crippen molar-refractivity contribution in [3.05, 3.63) is 59.0 Å². The third kappa shape index (κ3) is 2.57. The molecule has 1 aliphatic rings. The second-order valence-electron chi connectivity index (χ2n) is 5.88. The number of ether oxygens (including phenoxy) is 1. The Kier molecular flexibility index (Phi) is 3.77. The number of hydrogen-bond donors (Lipinski definition) is 0. The fourth-order valence-corrected chi connectivity index (χ4v) is 3.54. The van der Waals surface area contributed by atoms with E-state index >= 15 is 0 Å². The van der Waals surface area contributed by atoms with Gasteiger partial charge < -0.3 is 9.64 Å². The number of fused-ring (bicyclic) bond motifs is 2. The maximum atomic E-state index is 13.5. The normalized spacial score (nSPS) is 13.9. The molecule has 24 heavy (non-hydrogen) atoms. The summed E-state index contributed by atoms with van der Waals surface area (Å²) in [5.41, 5.74) is 3.90. The molecule has 0 atom stereocenters. The Balaban J connectivity index is 1.90. The molecule has 0 bridgehead atoms. The summed E-state index contributed by atoms with van der Waals surface area (Å²) in [6.07, 6.45) is 2.04. The highest BCUT2D eigenvalue weighted by molar-refractivity contribution is 6.32. The summed E-state index contributed by atoms with van der Waals surface area (Å²) in [6.45, 7) is 0.881. The summed E-state index contributed by atoms with van der Waals surface area (Å²) in [5, 5.41) is 1.45. The van der Waals surface area contributed by atoms with Crippen molar-refractivity contribution in [2.75, 3.05) is 18.6 Å². The van der Waals surface area contributed by atoms with Crippen LogP contribution in [0, 0.1) is 5.95 Å². The average Bonchev–Trinajstić information content (AvgIpc) is 2.59. The fraction of sp³-hybridized carbons (Fsp3) is 0.211. The molecule has 2 aromatic carbocycles. The third-order valence-electron chi connectivity index (χ3n) is 4.41. The molecule has 1 aromatic heterocycles. The quantitative estimate of drug-likeness (QED) is 0.604. The van der Waals surface area contributed by atoms with E-state index in [-0.39, 0.29) is 0 Å². The van der Waals surface area contributed by atoms with Crippen molar-refractivity contribution in [1.29, 1.82) is 0 Å². The summed E-state index contributed by atoms with van der Waals surface area (Å²) in [7, 11) is 1.67. The Hall–Kier alpha value is -2.33. The Morgan fingerprint density at radius 3 is 2.83 bits per heavy atom. The molecule has 0 spiro atoms. The van der Waals surface area contributed by atoms with E-state index in [0.29, 0.717) is 10.5 Å². The number of aryl methyl sites for hydroxylation is 1. The van der Waals surface area contributed by atoms with Crippen molar-refractivity contribution in [2.45, 2.75) is 12.8 Å². The van der Waals surface area contributed by atoms with Crippen molar-refractivity contribution in [3.8, 4) is 5.75 Å². The van der Waals surface area contributed by atoms with E-state index in [4.69, 9.17) is 16.3 Å². The first-order valence-electron chi connectivity index (χ1n) is 7.86. The van der Waals surface area contributed by atoms with Crippen molar-refractivity contribution in [1.82, 2.24) is 4.98 Å². The molecule has 122 valence electrons. The van der Waals surface area contributed by atoms with Crippen LogP contribution in [-0.4, -0.2) is 18.6 Å². The molecule has 0 saturated heterocycles. The standard InChI is InChI=1S/C19H16ClFN2O/c1-24-14-4-6-17-12(9-14)3-2-8-23(17)18-11-13(20)10-16-15(18)5-7-19(21)22-16/h4-7,9-11H,2-3,8H2,1H3. The zero-order valence-electron chi connectivity index (χ0n) is 13.2. The molecule has 0 N–H and O–H groups in total. The predicted molar refractivity (Wildman–Crippen MR) is 95.0 cm³/mol. The maximum Gasteiger partial charge on any atom is 0.213 e. The van der Waals surface area contributed by atoms with Crippen LogP contribution in [0.2, 0.25) is 5.02 Å². The van der Waals surface area contributed by atoms with E-state index in [0.717, 1.165) is 41.9 Å². The van der Waals surface area contributed by atoms with Gasteiger partial charge in [0.05, 0.1) is 18.3 Å². The summed E-state index contributed by atoms with van der Waals surface area (Å²) in [5.74, 6) is 0.356. The minimum atomic E-state index is -0.500. The van der Waals surface area contributed by atoms with Crippen LogP contribution in [0.3, 0.4) is 0 Å². The van der Waals surface area contributed by atoms with Crippen LogP contribution >= 0.6 is 11.6 Å². The second kappa shape index (κ2) is 5.95. The minimum Gasteiger partial charge on any atom is -0.497 e. The number of benzene rings is 2. The minimum absolute atomic E-state index is 0.500. The van der Waals surface area contributed by atoms with Crippen molar-refractivity contribution in [3.63, 3.8) is 0 Å². The highest BCUT2D eigenvalue weighted by Gasteiger charge is 2.21. The number of pyridine rings is 1. The fourth-order valence-electron chi connectivity index (χ4n) is 3.33. The predicted octanol–water partition coefficient (Wildman–Crippen LogP) is 5.12. The van der Waals surface area contributed by atoms with E-state index < -0.39 is 5.95 Å². The number of anilines is 2. The van der Waals surface area contributed by atoms with E-state index in [9.17, 15) is 4.39 Å². The summed E-state index contributed by atoms with van der Waals surface area (Å²) >= 11 is 6.26. The second-order valence-corrected chi connectivity index (χ2v) is 6.31. The first kappa shape index (κ1) is 15.2. The lowest BCUT2D eigenvalue weighted by molar-refractivity contribution is 0.414. The van der Waals surface area contributed by atoms with E-state index in [2.05, 4.69) is 22.0 Å². The lowest BCUT2D eigenvalue weighted by atomic mass is 9.99. The van der Waals surface area contributed by atoms with Crippen LogP contribution in [-0.2, 0) is 6.42 Å². The number of hydrogen-bond acceptors (Lipinski definition) is 3. The average molecular weight is 343 g/mol. The zero-order valence-corrected chi connectivity index (χ0v) is 14.0. The van der Waals surface area contributed by atoms with Crippen molar-refractivity contribution in [2.24, 2.45) is 0 Å². The molecule has 0 aliphatic carbocycles. The maximum absolute atomic E-state index is 13.5. The van der Waals surface area contributed by atoms with Gasteiger partial charge in [0.25, 0.3) is 0 Å². The molecule has 0 fully saturated rings. The van der Waals surface area contributed by atoms with Gasteiger partial charge in [-0.05, 0) is 60.9 Å². The van der Waals surface area contributed by atoms with Crippen LogP contribution in [0.5, 0.6) is 5.75 Å². The first-order chi connectivity index (χ1) is 11.7. The van der Waals surface area contributed by atoms with Crippen molar-refractivity contribution >= 4 is 33.9 Å². The molecule has 3 nitrogen and oxygen atoms in total. The molecule has 5 heteroatoms. The van der Waals surface area contributed by atoms with Gasteiger partial charge in [-0.15, -0.1) is 0 Å². The largest absolute Gasteiger partial charge is 0.497 e. The monoisotopic (exact) mass is 342 g/mol. The number of halogens is 2. The van der Waals surface area contributed by atoms with Gasteiger partial charge in [0, 0.05) is 22.6 Å². The smallest absolute Gasteiger partial charge is 0.213 e. The molecule has 0 saturated carbocycles. The highest BCUT2D eigenvalue weighted by Crippen LogP contribution is 2.39. The number of rotatable bonds is 2.